The fourth-order valence-corrected chi connectivity index (χ4v) is 6.73. The Morgan fingerprint density at radius 1 is 1.23 bits per heavy atom. The lowest BCUT2D eigenvalue weighted by Gasteiger charge is -2.35. The Balaban J connectivity index is 1.65. The molecular formula is C20H29ClFN3O4S. The van der Waals surface area contributed by atoms with E-state index in [2.05, 4.69) is 4.90 Å². The summed E-state index contributed by atoms with van der Waals surface area (Å²) in [6, 6.07) is 4.30. The van der Waals surface area contributed by atoms with Crippen molar-refractivity contribution in [3.05, 3.63) is 34.6 Å². The Hall–Kier alpha value is -1.26. The summed E-state index contributed by atoms with van der Waals surface area (Å²) < 4.78 is 40.8. The van der Waals surface area contributed by atoms with Crippen LogP contribution in [0.1, 0.15) is 37.2 Å². The molecule has 30 heavy (non-hydrogen) atoms. The van der Waals surface area contributed by atoms with Crippen LogP contribution in [0.4, 0.5) is 4.39 Å². The predicted octanol–water partition coefficient (Wildman–Crippen LogP) is 2.45. The van der Waals surface area contributed by atoms with Gasteiger partial charge in [-0.05, 0) is 75.4 Å². The van der Waals surface area contributed by atoms with Gasteiger partial charge in [0.2, 0.25) is 15.9 Å². The molecular weight excluding hydrogens is 433 g/mol. The van der Waals surface area contributed by atoms with Crippen molar-refractivity contribution in [1.82, 2.24) is 14.7 Å². The summed E-state index contributed by atoms with van der Waals surface area (Å²) >= 11 is 6.16. The Kier molecular flexibility index (Phi) is 7.73. The van der Waals surface area contributed by atoms with Crippen molar-refractivity contribution in [2.45, 2.75) is 31.6 Å². The summed E-state index contributed by atoms with van der Waals surface area (Å²) in [5.74, 6) is -2.14. The van der Waals surface area contributed by atoms with E-state index in [0.717, 1.165) is 31.5 Å². The topological polar surface area (TPSA) is 90.0 Å². The molecule has 2 N–H and O–H groups in total. The van der Waals surface area contributed by atoms with Crippen LogP contribution >= 0.6 is 11.6 Å². The predicted molar refractivity (Wildman–Crippen MR) is 112 cm³/mol. The van der Waals surface area contributed by atoms with Crippen LogP contribution in [0.15, 0.2) is 18.2 Å². The van der Waals surface area contributed by atoms with Gasteiger partial charge in [0.15, 0.2) is 0 Å². The Morgan fingerprint density at radius 2 is 1.87 bits per heavy atom. The molecule has 0 aromatic heterocycles. The van der Waals surface area contributed by atoms with Gasteiger partial charge in [0.1, 0.15) is 5.82 Å². The van der Waals surface area contributed by atoms with Crippen molar-refractivity contribution < 1.29 is 22.8 Å². The smallest absolute Gasteiger partial charge is 0.247 e. The lowest BCUT2D eigenvalue weighted by molar-refractivity contribution is -0.135. The van der Waals surface area contributed by atoms with E-state index >= 15 is 0 Å². The van der Waals surface area contributed by atoms with Crippen molar-refractivity contribution >= 4 is 27.5 Å². The first kappa shape index (κ1) is 23.4. The zero-order valence-electron chi connectivity index (χ0n) is 17.1. The minimum Gasteiger partial charge on any atom is -0.306 e. The zero-order chi connectivity index (χ0) is 21.9. The number of hydrogen-bond acceptors (Lipinski definition) is 5. The second-order valence-corrected chi connectivity index (χ2v) is 10.8. The fourth-order valence-electron chi connectivity index (χ4n) is 4.55. The molecule has 0 saturated carbocycles. The number of nitrogens with one attached hydrogen (secondary N) is 1. The van der Waals surface area contributed by atoms with Crippen LogP contribution in [0.25, 0.3) is 0 Å². The number of halogens is 2. The molecule has 10 heteroatoms. The molecule has 2 heterocycles. The molecule has 2 aliphatic heterocycles. The van der Waals surface area contributed by atoms with Crippen molar-refractivity contribution in [3.63, 3.8) is 0 Å². The SMILES string of the molecule is CN1CCC([C@@H](CS(=O)(=O)N2CCC(c3ccc(F)cc3Cl)CC2)C(=O)NO)CC1. The zero-order valence-corrected chi connectivity index (χ0v) is 18.6. The maximum atomic E-state index is 13.3. The van der Waals surface area contributed by atoms with Crippen LogP contribution in [0.3, 0.4) is 0 Å². The van der Waals surface area contributed by atoms with Gasteiger partial charge in [-0.2, -0.15) is 0 Å². The standard InChI is InChI=1S/C20H29ClFN3O4S/c1-24-8-4-15(5-9-24)18(20(26)23-27)13-30(28,29)25-10-6-14(7-11-25)17-3-2-16(22)12-19(17)21/h2-3,12,14-15,18,27H,4-11,13H2,1H3,(H,23,26)/t18-/m1/s1. The normalized spacial score (nSPS) is 21.5. The number of carbonyl (C=O) groups excluding carboxylic acids is 1. The van der Waals surface area contributed by atoms with Gasteiger partial charge < -0.3 is 4.90 Å². The van der Waals surface area contributed by atoms with E-state index in [1.807, 2.05) is 7.05 Å². The molecule has 0 spiro atoms. The average Bonchev–Trinajstić information content (AvgIpc) is 2.72. The number of likely N-dealkylation sites (tertiary alicyclic amines) is 1. The lowest BCUT2D eigenvalue weighted by Crippen LogP contribution is -2.46. The highest BCUT2D eigenvalue weighted by Crippen LogP contribution is 2.35. The summed E-state index contributed by atoms with van der Waals surface area (Å²) in [7, 11) is -1.68. The van der Waals surface area contributed by atoms with Crippen molar-refractivity contribution in [2.24, 2.45) is 11.8 Å². The molecule has 3 rings (SSSR count). The first-order chi connectivity index (χ1) is 14.2. The van der Waals surface area contributed by atoms with Crippen molar-refractivity contribution in [1.29, 1.82) is 0 Å². The van der Waals surface area contributed by atoms with Gasteiger partial charge >= 0.3 is 0 Å². The van der Waals surface area contributed by atoms with E-state index < -0.39 is 27.7 Å². The largest absolute Gasteiger partial charge is 0.306 e. The molecule has 1 amide bonds. The number of carbonyl (C=O) groups is 1. The lowest BCUT2D eigenvalue weighted by atomic mass is 9.85. The van der Waals surface area contributed by atoms with Crippen molar-refractivity contribution in [3.8, 4) is 0 Å². The highest BCUT2D eigenvalue weighted by molar-refractivity contribution is 7.89. The first-order valence-electron chi connectivity index (χ1n) is 10.3. The Labute approximate surface area is 182 Å². The molecule has 1 aromatic rings. The van der Waals surface area contributed by atoms with Crippen LogP contribution in [0.5, 0.6) is 0 Å². The van der Waals surface area contributed by atoms with Gasteiger partial charge in [0.05, 0.1) is 11.7 Å². The number of amides is 1. The highest BCUT2D eigenvalue weighted by atomic mass is 35.5. The van der Waals surface area contributed by atoms with E-state index in [0.29, 0.717) is 31.0 Å². The molecule has 2 fully saturated rings. The van der Waals surface area contributed by atoms with Gasteiger partial charge in [-0.15, -0.1) is 0 Å². The summed E-state index contributed by atoms with van der Waals surface area (Å²) in [5, 5.41) is 9.50. The number of nitrogens with zero attached hydrogens (tertiary/aromatic N) is 2. The van der Waals surface area contributed by atoms with Crippen LogP contribution < -0.4 is 5.48 Å². The molecule has 0 bridgehead atoms. The van der Waals surface area contributed by atoms with Gasteiger partial charge in [-0.1, -0.05) is 17.7 Å². The molecule has 0 aliphatic carbocycles. The molecule has 2 aliphatic rings. The van der Waals surface area contributed by atoms with E-state index in [9.17, 15) is 17.6 Å². The third kappa shape index (κ3) is 5.50. The minimum absolute atomic E-state index is 0.0648. The van der Waals surface area contributed by atoms with Crippen LogP contribution in [0, 0.1) is 17.7 Å². The molecule has 7 nitrogen and oxygen atoms in total. The second-order valence-electron chi connectivity index (χ2n) is 8.34. The Morgan fingerprint density at radius 3 is 2.43 bits per heavy atom. The number of hydroxylamine groups is 1. The summed E-state index contributed by atoms with van der Waals surface area (Å²) in [6.45, 7) is 2.23. The molecule has 168 valence electrons. The van der Waals surface area contributed by atoms with Gasteiger partial charge in [-0.25, -0.2) is 22.6 Å². The third-order valence-electron chi connectivity index (χ3n) is 6.42. The maximum absolute atomic E-state index is 13.3. The van der Waals surface area contributed by atoms with E-state index in [-0.39, 0.29) is 17.6 Å². The molecule has 0 radical (unpaired) electrons. The minimum atomic E-state index is -3.67. The van der Waals surface area contributed by atoms with Crippen LogP contribution in [-0.4, -0.2) is 67.7 Å². The fraction of sp³-hybridized carbons (Fsp3) is 0.650. The molecule has 2 saturated heterocycles. The summed E-state index contributed by atoms with van der Waals surface area (Å²) in [5.41, 5.74) is 2.49. The monoisotopic (exact) mass is 461 g/mol. The van der Waals surface area contributed by atoms with E-state index in [4.69, 9.17) is 16.8 Å². The number of benzene rings is 1. The molecule has 1 aromatic carbocycles. The average molecular weight is 462 g/mol. The van der Waals surface area contributed by atoms with Crippen LogP contribution in [0.2, 0.25) is 5.02 Å². The summed E-state index contributed by atoms with van der Waals surface area (Å²) in [6.07, 6.45) is 2.59. The third-order valence-corrected chi connectivity index (χ3v) is 8.68. The van der Waals surface area contributed by atoms with Crippen LogP contribution in [-0.2, 0) is 14.8 Å². The van der Waals surface area contributed by atoms with Gasteiger partial charge in [0.25, 0.3) is 0 Å². The molecule has 0 unspecified atom stereocenters. The van der Waals surface area contributed by atoms with E-state index in [1.54, 1.807) is 11.5 Å². The molecule has 1 atom stereocenters. The second kappa shape index (κ2) is 9.91. The highest BCUT2D eigenvalue weighted by Gasteiger charge is 2.38. The van der Waals surface area contributed by atoms with Gasteiger partial charge in [0, 0.05) is 18.1 Å². The Bertz CT molecular complexity index is 854. The quantitative estimate of drug-likeness (QED) is 0.501. The summed E-state index contributed by atoms with van der Waals surface area (Å²) in [4.78, 5) is 14.4. The number of rotatable bonds is 6. The number of piperidine rings is 2. The maximum Gasteiger partial charge on any atom is 0.247 e. The first-order valence-corrected chi connectivity index (χ1v) is 12.2. The number of sulfonamides is 1. The van der Waals surface area contributed by atoms with Gasteiger partial charge in [-0.3, -0.25) is 10.0 Å². The van der Waals surface area contributed by atoms with E-state index in [1.165, 1.54) is 16.4 Å². The number of hydrogen-bond donors (Lipinski definition) is 2. The van der Waals surface area contributed by atoms with Crippen molar-refractivity contribution in [2.75, 3.05) is 39.0 Å².